The van der Waals surface area contributed by atoms with Crippen molar-refractivity contribution in [2.24, 2.45) is 0 Å². The van der Waals surface area contributed by atoms with Crippen molar-refractivity contribution < 1.29 is 19.1 Å². The van der Waals surface area contributed by atoms with Crippen LogP contribution in [-0.4, -0.2) is 56.7 Å². The molecule has 2 N–H and O–H groups in total. The third-order valence-corrected chi connectivity index (χ3v) is 7.34. The van der Waals surface area contributed by atoms with Crippen molar-refractivity contribution in [3.8, 4) is 5.75 Å². The topological polar surface area (TPSA) is 79.9 Å². The van der Waals surface area contributed by atoms with E-state index < -0.39 is 12.0 Å². The number of anilines is 1. The largest absolute Gasteiger partial charge is 0.495 e. The molecule has 7 heteroatoms. The van der Waals surface area contributed by atoms with Gasteiger partial charge in [0, 0.05) is 32.0 Å². The van der Waals surface area contributed by atoms with Crippen LogP contribution in [0.1, 0.15) is 33.8 Å². The van der Waals surface area contributed by atoms with E-state index in [-0.39, 0.29) is 11.8 Å². The number of allylic oxidation sites excluding steroid dienone is 3. The molecular weight excluding hydrogens is 478 g/mol. The van der Waals surface area contributed by atoms with Crippen LogP contribution in [0.2, 0.25) is 0 Å². The highest BCUT2D eigenvalue weighted by Crippen LogP contribution is 2.42. The normalized spacial score (nSPS) is 20.2. The zero-order valence-corrected chi connectivity index (χ0v) is 22.0. The number of ether oxygens (including phenoxy) is 2. The number of rotatable bonds is 7. The van der Waals surface area contributed by atoms with Crippen molar-refractivity contribution in [2.75, 3.05) is 39.2 Å². The maximum absolute atomic E-state index is 14.3. The van der Waals surface area contributed by atoms with Crippen molar-refractivity contribution in [1.82, 2.24) is 10.2 Å². The first-order valence-corrected chi connectivity index (χ1v) is 12.9. The van der Waals surface area contributed by atoms with Crippen LogP contribution in [0.25, 0.3) is 0 Å². The van der Waals surface area contributed by atoms with Crippen LogP contribution >= 0.6 is 0 Å². The number of dihydropyridines is 1. The highest BCUT2D eigenvalue weighted by atomic mass is 16.5. The van der Waals surface area contributed by atoms with Gasteiger partial charge in [0.1, 0.15) is 5.75 Å². The van der Waals surface area contributed by atoms with Crippen molar-refractivity contribution in [2.45, 2.75) is 25.3 Å². The van der Waals surface area contributed by atoms with Crippen molar-refractivity contribution in [3.63, 3.8) is 0 Å². The molecule has 3 aliphatic rings. The van der Waals surface area contributed by atoms with Crippen LogP contribution in [-0.2, 0) is 9.53 Å². The summed E-state index contributed by atoms with van der Waals surface area (Å²) < 4.78 is 10.9. The minimum Gasteiger partial charge on any atom is -0.495 e. The second-order valence-electron chi connectivity index (χ2n) is 9.67. The molecular formula is C31H33N3O4. The number of aryl methyl sites for hydroxylation is 1. The van der Waals surface area contributed by atoms with Gasteiger partial charge < -0.3 is 25.0 Å². The molecule has 2 atom stereocenters. The Hall–Kier alpha value is -4.10. The lowest BCUT2D eigenvalue weighted by molar-refractivity contribution is -0.118. The van der Waals surface area contributed by atoms with Gasteiger partial charge in [-0.05, 0) is 59.4 Å². The maximum atomic E-state index is 14.3. The van der Waals surface area contributed by atoms with E-state index in [1.807, 2.05) is 61.7 Å². The molecule has 2 unspecified atom stereocenters. The number of nitrogens with zero attached hydrogens (tertiary/aromatic N) is 1. The van der Waals surface area contributed by atoms with E-state index in [1.165, 1.54) is 0 Å². The molecule has 2 heterocycles. The lowest BCUT2D eigenvalue weighted by Gasteiger charge is -2.44. The molecule has 5 rings (SSSR count). The van der Waals surface area contributed by atoms with Crippen LogP contribution in [0.3, 0.4) is 0 Å². The molecule has 2 amide bonds. The predicted octanol–water partition coefficient (Wildman–Crippen LogP) is 4.50. The first kappa shape index (κ1) is 25.5. The lowest BCUT2D eigenvalue weighted by atomic mass is 9.75. The third kappa shape index (κ3) is 4.77. The lowest BCUT2D eigenvalue weighted by Crippen LogP contribution is -2.54. The van der Waals surface area contributed by atoms with Crippen LogP contribution in [0, 0.1) is 6.92 Å². The molecule has 0 saturated carbocycles. The molecule has 2 aromatic carbocycles. The molecule has 0 bridgehead atoms. The van der Waals surface area contributed by atoms with E-state index in [2.05, 4.69) is 22.8 Å². The van der Waals surface area contributed by atoms with E-state index in [4.69, 9.17) is 9.47 Å². The van der Waals surface area contributed by atoms with E-state index in [0.717, 1.165) is 28.7 Å². The number of carbonyl (C=O) groups excluding carboxylic acids is 2. The van der Waals surface area contributed by atoms with Gasteiger partial charge in [-0.15, -0.1) is 0 Å². The van der Waals surface area contributed by atoms with Crippen LogP contribution in [0.15, 0.2) is 89.7 Å². The summed E-state index contributed by atoms with van der Waals surface area (Å²) in [5.41, 5.74) is 6.10. The molecule has 0 radical (unpaired) electrons. The molecule has 0 saturated heterocycles. The van der Waals surface area contributed by atoms with E-state index in [1.54, 1.807) is 25.2 Å². The Morgan fingerprint density at radius 3 is 2.82 bits per heavy atom. The summed E-state index contributed by atoms with van der Waals surface area (Å²) in [6.45, 7) is 3.39. The summed E-state index contributed by atoms with van der Waals surface area (Å²) in [7, 11) is 3.21. The van der Waals surface area contributed by atoms with Crippen molar-refractivity contribution in [1.29, 1.82) is 0 Å². The number of hydrogen-bond acceptors (Lipinski definition) is 5. The fraction of sp³-hybridized carbons (Fsp3) is 0.290. The Morgan fingerprint density at radius 2 is 2.00 bits per heavy atom. The molecule has 0 fully saturated rings. The number of nitrogens with one attached hydrogen (secondary N) is 2. The van der Waals surface area contributed by atoms with Gasteiger partial charge in [0.25, 0.3) is 5.91 Å². The van der Waals surface area contributed by atoms with Gasteiger partial charge in [-0.25, -0.2) is 0 Å². The van der Waals surface area contributed by atoms with Gasteiger partial charge in [-0.2, -0.15) is 0 Å². The summed E-state index contributed by atoms with van der Waals surface area (Å²) in [5.74, 6) is -0.371. The number of benzene rings is 2. The fourth-order valence-electron chi connectivity index (χ4n) is 5.55. The maximum Gasteiger partial charge on any atom is 0.254 e. The summed E-state index contributed by atoms with van der Waals surface area (Å²) in [4.78, 5) is 30.0. The number of amides is 2. The summed E-state index contributed by atoms with van der Waals surface area (Å²) in [5, 5.41) is 6.52. The van der Waals surface area contributed by atoms with Gasteiger partial charge in [-0.3, -0.25) is 9.59 Å². The standard InChI is InChI=1S/C31H33N3O4/c1-20-13-14-27(38-3)26(17-20)33-30(35)28-23-11-7-8-12-24(23)31(36)34(15-16-37-2)29(28)25-19-32-18-21-9-5-4-6-10-22(21)25/h4-9,11-14,17,19,28-29,32H,10,15-16,18H2,1-3H3,(H,33,35). The second kappa shape index (κ2) is 11.1. The highest BCUT2D eigenvalue weighted by molar-refractivity contribution is 6.05. The molecule has 196 valence electrons. The zero-order chi connectivity index (χ0) is 26.6. The van der Waals surface area contributed by atoms with Gasteiger partial charge in [-0.1, -0.05) is 48.6 Å². The predicted molar refractivity (Wildman–Crippen MR) is 148 cm³/mol. The Balaban J connectivity index is 1.65. The molecule has 0 spiro atoms. The minimum absolute atomic E-state index is 0.104. The zero-order valence-electron chi connectivity index (χ0n) is 22.0. The smallest absolute Gasteiger partial charge is 0.254 e. The number of methoxy groups -OCH3 is 2. The number of hydrogen-bond donors (Lipinski definition) is 2. The van der Waals surface area contributed by atoms with Gasteiger partial charge in [0.2, 0.25) is 5.91 Å². The third-order valence-electron chi connectivity index (χ3n) is 7.34. The SMILES string of the molecule is COCCN1C(=O)c2ccccc2C(C(=O)Nc2cc(C)ccc2OC)C1C1=CNCC2=C1CC=CC=C2. The number of fused-ring (bicyclic) bond motifs is 1. The molecule has 7 nitrogen and oxygen atoms in total. The van der Waals surface area contributed by atoms with Crippen LogP contribution in [0.5, 0.6) is 5.75 Å². The number of carbonyl (C=O) groups is 2. The second-order valence-corrected chi connectivity index (χ2v) is 9.67. The van der Waals surface area contributed by atoms with Gasteiger partial charge >= 0.3 is 0 Å². The summed E-state index contributed by atoms with van der Waals surface area (Å²) in [6.07, 6.45) is 11.0. The van der Waals surface area contributed by atoms with Crippen molar-refractivity contribution in [3.05, 3.63) is 106 Å². The monoisotopic (exact) mass is 511 g/mol. The average Bonchev–Trinajstić information content (AvgIpc) is 3.18. The Bertz CT molecular complexity index is 1370. The molecule has 2 aliphatic heterocycles. The van der Waals surface area contributed by atoms with E-state index >= 15 is 0 Å². The van der Waals surface area contributed by atoms with Gasteiger partial charge in [0.05, 0.1) is 31.4 Å². The average molecular weight is 512 g/mol. The molecule has 38 heavy (non-hydrogen) atoms. The van der Waals surface area contributed by atoms with E-state index in [0.29, 0.717) is 42.3 Å². The van der Waals surface area contributed by atoms with Gasteiger partial charge in [0.15, 0.2) is 0 Å². The first-order chi connectivity index (χ1) is 18.5. The molecule has 2 aromatic rings. The van der Waals surface area contributed by atoms with E-state index in [9.17, 15) is 9.59 Å². The summed E-state index contributed by atoms with van der Waals surface area (Å²) in [6, 6.07) is 12.6. The Kier molecular flexibility index (Phi) is 7.47. The Labute approximate surface area is 223 Å². The molecule has 1 aliphatic carbocycles. The molecule has 0 aromatic heterocycles. The van der Waals surface area contributed by atoms with Crippen LogP contribution in [0.4, 0.5) is 5.69 Å². The van der Waals surface area contributed by atoms with Crippen molar-refractivity contribution >= 4 is 17.5 Å². The quantitative estimate of drug-likeness (QED) is 0.573. The highest BCUT2D eigenvalue weighted by Gasteiger charge is 2.46. The summed E-state index contributed by atoms with van der Waals surface area (Å²) >= 11 is 0. The Morgan fingerprint density at radius 1 is 1.16 bits per heavy atom. The first-order valence-electron chi connectivity index (χ1n) is 12.9. The fourth-order valence-corrected chi connectivity index (χ4v) is 5.55. The van der Waals surface area contributed by atoms with Crippen LogP contribution < -0.4 is 15.4 Å². The minimum atomic E-state index is -0.651.